The fraction of sp³-hybridized carbons (Fsp3) is 0.360. The van der Waals surface area contributed by atoms with Gasteiger partial charge >= 0.3 is 0 Å². The summed E-state index contributed by atoms with van der Waals surface area (Å²) in [6, 6.07) is 9.49. The molecule has 0 radical (unpaired) electrons. The fourth-order valence-electron chi connectivity index (χ4n) is 4.34. The highest BCUT2D eigenvalue weighted by Gasteiger charge is 2.24. The Kier molecular flexibility index (Phi) is 8.07. The van der Waals surface area contributed by atoms with Gasteiger partial charge in [0.25, 0.3) is 5.56 Å². The summed E-state index contributed by atoms with van der Waals surface area (Å²) in [7, 11) is 0. The van der Waals surface area contributed by atoms with Crippen LogP contribution in [-0.4, -0.2) is 30.9 Å². The third kappa shape index (κ3) is 5.09. The van der Waals surface area contributed by atoms with E-state index in [1.54, 1.807) is 33.9 Å². The molecule has 1 aliphatic rings. The van der Waals surface area contributed by atoms with Gasteiger partial charge in [0.05, 0.1) is 11.4 Å². The highest BCUT2D eigenvalue weighted by molar-refractivity contribution is 5.85. The van der Waals surface area contributed by atoms with Gasteiger partial charge in [0.2, 0.25) is 5.95 Å². The van der Waals surface area contributed by atoms with Crippen molar-refractivity contribution >= 4 is 47.5 Å². The molecule has 8 nitrogen and oxygen atoms in total. The van der Waals surface area contributed by atoms with Gasteiger partial charge in [0, 0.05) is 30.7 Å². The summed E-state index contributed by atoms with van der Waals surface area (Å²) in [4.78, 5) is 26.5. The molecular formula is C25H30Cl2FN7O. The second-order valence-corrected chi connectivity index (χ2v) is 9.39. The summed E-state index contributed by atoms with van der Waals surface area (Å²) in [5, 5.41) is 7.05. The van der Waals surface area contributed by atoms with E-state index in [4.69, 9.17) is 4.98 Å². The number of nitrogens with one attached hydrogen (secondary N) is 2. The number of alkyl halides is 1. The molecule has 0 atom stereocenters. The molecule has 5 rings (SSSR count). The van der Waals surface area contributed by atoms with E-state index in [0.29, 0.717) is 22.7 Å². The minimum absolute atomic E-state index is 0. The van der Waals surface area contributed by atoms with Gasteiger partial charge in [-0.1, -0.05) is 6.07 Å². The van der Waals surface area contributed by atoms with Crippen LogP contribution in [0.15, 0.2) is 47.5 Å². The van der Waals surface area contributed by atoms with Crippen molar-refractivity contribution in [3.63, 3.8) is 0 Å². The minimum Gasteiger partial charge on any atom is -0.324 e. The first-order valence-corrected chi connectivity index (χ1v) is 11.5. The molecule has 192 valence electrons. The summed E-state index contributed by atoms with van der Waals surface area (Å²) in [5.74, 6) is 0.381. The van der Waals surface area contributed by atoms with Crippen molar-refractivity contribution in [2.24, 2.45) is 0 Å². The van der Waals surface area contributed by atoms with Crippen molar-refractivity contribution in [1.82, 2.24) is 29.6 Å². The molecule has 11 heteroatoms. The van der Waals surface area contributed by atoms with E-state index < -0.39 is 5.67 Å². The predicted octanol–water partition coefficient (Wildman–Crippen LogP) is 5.00. The van der Waals surface area contributed by atoms with Crippen LogP contribution in [0.25, 0.3) is 16.7 Å². The van der Waals surface area contributed by atoms with Crippen LogP contribution in [0.3, 0.4) is 0 Å². The van der Waals surface area contributed by atoms with Gasteiger partial charge < -0.3 is 10.6 Å². The molecule has 1 aliphatic heterocycles. The van der Waals surface area contributed by atoms with Crippen LogP contribution >= 0.6 is 24.8 Å². The minimum atomic E-state index is -1.62. The summed E-state index contributed by atoms with van der Waals surface area (Å²) >= 11 is 0. The van der Waals surface area contributed by atoms with E-state index in [2.05, 4.69) is 32.7 Å². The molecule has 2 N–H and O–H groups in total. The van der Waals surface area contributed by atoms with Gasteiger partial charge in [0.15, 0.2) is 5.65 Å². The zero-order valence-electron chi connectivity index (χ0n) is 20.6. The van der Waals surface area contributed by atoms with Crippen molar-refractivity contribution in [2.75, 3.05) is 11.9 Å². The molecule has 36 heavy (non-hydrogen) atoms. The van der Waals surface area contributed by atoms with Gasteiger partial charge in [-0.3, -0.25) is 9.78 Å². The van der Waals surface area contributed by atoms with Crippen molar-refractivity contribution in [3.05, 3.63) is 69.9 Å². The lowest BCUT2D eigenvalue weighted by atomic mass is 10.0. The Hall–Kier alpha value is -3.01. The third-order valence-electron chi connectivity index (χ3n) is 6.06. The van der Waals surface area contributed by atoms with E-state index in [1.165, 1.54) is 25.0 Å². The van der Waals surface area contributed by atoms with Gasteiger partial charge in [-0.2, -0.15) is 4.98 Å². The number of benzene rings is 1. The van der Waals surface area contributed by atoms with Gasteiger partial charge in [-0.15, -0.1) is 24.8 Å². The molecule has 3 aromatic heterocycles. The van der Waals surface area contributed by atoms with Crippen molar-refractivity contribution < 1.29 is 4.39 Å². The standard InChI is InChI=1S/C25H28FN7O.2ClH/c1-15(2)32-23(34)20-14-29-24(30-18-6-5-16-7-9-27-13-17(16)11-18)31-22(20)33(32)19-8-10-28-21(12-19)25(3,4)26;;/h5-6,8,10-12,14-15,27H,7,9,13H2,1-4H3,(H,29,30,31);2*1H. The second kappa shape index (κ2) is 10.5. The van der Waals surface area contributed by atoms with Crippen LogP contribution < -0.4 is 16.2 Å². The van der Waals surface area contributed by atoms with E-state index in [0.717, 1.165) is 25.2 Å². The summed E-state index contributed by atoms with van der Waals surface area (Å²) in [5.41, 5.74) is 2.99. The first-order valence-electron chi connectivity index (χ1n) is 11.5. The molecular weight excluding hydrogens is 504 g/mol. The average molecular weight is 534 g/mol. The van der Waals surface area contributed by atoms with Crippen molar-refractivity contribution in [1.29, 1.82) is 0 Å². The van der Waals surface area contributed by atoms with Crippen molar-refractivity contribution in [2.45, 2.75) is 52.4 Å². The Labute approximate surface area is 221 Å². The largest absolute Gasteiger partial charge is 0.324 e. The van der Waals surface area contributed by atoms with Gasteiger partial charge in [-0.05, 0) is 76.1 Å². The lowest BCUT2D eigenvalue weighted by molar-refractivity contribution is 0.214. The summed E-state index contributed by atoms with van der Waals surface area (Å²) in [6.07, 6.45) is 4.11. The molecule has 0 fully saturated rings. The Morgan fingerprint density at radius 2 is 1.89 bits per heavy atom. The number of halogens is 3. The maximum Gasteiger partial charge on any atom is 0.278 e. The topological polar surface area (TPSA) is 89.7 Å². The SMILES string of the molecule is CC(C)n1c(=O)c2cnc(Nc3ccc4c(c3)CNCC4)nc2n1-c1ccnc(C(C)(C)F)c1.Cl.Cl. The Morgan fingerprint density at radius 1 is 1.11 bits per heavy atom. The van der Waals surface area contributed by atoms with Crippen molar-refractivity contribution in [3.8, 4) is 5.69 Å². The normalized spacial score (nSPS) is 13.2. The smallest absolute Gasteiger partial charge is 0.278 e. The number of hydrogen-bond acceptors (Lipinski definition) is 6. The molecule has 0 saturated carbocycles. The first-order chi connectivity index (χ1) is 16.2. The van der Waals surface area contributed by atoms with Crippen LogP contribution in [0.4, 0.5) is 16.0 Å². The predicted molar refractivity (Wildman–Crippen MR) is 145 cm³/mol. The summed E-state index contributed by atoms with van der Waals surface area (Å²) in [6.45, 7) is 8.58. The Balaban J connectivity index is 0.00000180. The lowest BCUT2D eigenvalue weighted by Gasteiger charge is -2.19. The Morgan fingerprint density at radius 3 is 2.61 bits per heavy atom. The van der Waals surface area contributed by atoms with Crippen LogP contribution in [0.1, 0.15) is 50.6 Å². The van der Waals surface area contributed by atoms with E-state index in [-0.39, 0.29) is 42.1 Å². The molecule has 4 heterocycles. The van der Waals surface area contributed by atoms with E-state index in [9.17, 15) is 9.18 Å². The monoisotopic (exact) mass is 533 g/mol. The molecule has 4 aromatic rings. The van der Waals surface area contributed by atoms with E-state index in [1.807, 2.05) is 19.9 Å². The lowest BCUT2D eigenvalue weighted by Crippen LogP contribution is -2.24. The summed E-state index contributed by atoms with van der Waals surface area (Å²) < 4.78 is 18.0. The third-order valence-corrected chi connectivity index (χ3v) is 6.06. The molecule has 0 spiro atoms. The fourth-order valence-corrected chi connectivity index (χ4v) is 4.34. The number of aromatic nitrogens is 5. The number of fused-ring (bicyclic) bond motifs is 2. The number of nitrogens with zero attached hydrogens (tertiary/aromatic N) is 5. The second-order valence-electron chi connectivity index (χ2n) is 9.39. The number of pyridine rings is 1. The Bertz CT molecular complexity index is 1440. The first kappa shape index (κ1) is 27.6. The van der Waals surface area contributed by atoms with Crippen LogP contribution in [0.2, 0.25) is 0 Å². The molecule has 0 saturated heterocycles. The zero-order valence-corrected chi connectivity index (χ0v) is 22.2. The van der Waals surface area contributed by atoms with Crippen LogP contribution in [0, 0.1) is 0 Å². The van der Waals surface area contributed by atoms with Crippen LogP contribution in [0.5, 0.6) is 0 Å². The molecule has 0 unspecified atom stereocenters. The highest BCUT2D eigenvalue weighted by Crippen LogP contribution is 2.27. The van der Waals surface area contributed by atoms with E-state index >= 15 is 0 Å². The maximum absolute atomic E-state index is 14.6. The quantitative estimate of drug-likeness (QED) is 0.375. The average Bonchev–Trinajstić information content (AvgIpc) is 3.10. The number of rotatable bonds is 5. The van der Waals surface area contributed by atoms with Gasteiger partial charge in [-0.25, -0.2) is 18.7 Å². The molecule has 0 amide bonds. The maximum atomic E-state index is 14.6. The van der Waals surface area contributed by atoms with Gasteiger partial charge in [0.1, 0.15) is 11.1 Å². The number of hydrogen-bond donors (Lipinski definition) is 2. The molecule has 1 aromatic carbocycles. The van der Waals surface area contributed by atoms with Crippen LogP contribution in [-0.2, 0) is 18.6 Å². The zero-order chi connectivity index (χ0) is 24.0. The molecule has 0 aliphatic carbocycles. The molecule has 0 bridgehead atoms. The number of anilines is 2. The highest BCUT2D eigenvalue weighted by atomic mass is 35.5.